The summed E-state index contributed by atoms with van der Waals surface area (Å²) < 4.78 is 13.8. The topological polar surface area (TPSA) is 38.0 Å². The van der Waals surface area contributed by atoms with E-state index in [0.717, 1.165) is 12.8 Å². The van der Waals surface area contributed by atoms with E-state index in [0.29, 0.717) is 11.5 Å². The van der Waals surface area contributed by atoms with E-state index in [1.807, 2.05) is 6.07 Å². The Morgan fingerprint density at radius 1 is 1.16 bits per heavy atom. The predicted molar refractivity (Wildman–Crippen MR) is 74.0 cm³/mol. The Morgan fingerprint density at radius 2 is 1.89 bits per heavy atom. The van der Waals surface area contributed by atoms with Crippen LogP contribution in [-0.4, -0.2) is 0 Å². The van der Waals surface area contributed by atoms with Crippen molar-refractivity contribution in [2.75, 3.05) is 0 Å². The summed E-state index contributed by atoms with van der Waals surface area (Å²) in [6.45, 7) is 0. The van der Waals surface area contributed by atoms with E-state index in [4.69, 9.17) is 5.84 Å². The molecule has 0 spiro atoms. The molecule has 1 aliphatic carbocycles. The minimum Gasteiger partial charge on any atom is -0.271 e. The van der Waals surface area contributed by atoms with Crippen LogP contribution in [0, 0.1) is 5.82 Å². The number of hydrogen-bond acceptors (Lipinski definition) is 2. The molecule has 0 aliphatic heterocycles. The van der Waals surface area contributed by atoms with E-state index in [2.05, 4.69) is 29.7 Å². The summed E-state index contributed by atoms with van der Waals surface area (Å²) in [6, 6.07) is 15.1. The molecule has 0 radical (unpaired) electrons. The van der Waals surface area contributed by atoms with Crippen LogP contribution in [0.4, 0.5) is 4.39 Å². The number of fused-ring (bicyclic) bond motifs is 1. The minimum absolute atomic E-state index is 0.139. The van der Waals surface area contributed by atoms with Crippen molar-refractivity contribution >= 4 is 0 Å². The lowest BCUT2D eigenvalue weighted by molar-refractivity contribution is 0.422. The Balaban J connectivity index is 1.78. The molecule has 3 heteroatoms. The third kappa shape index (κ3) is 2.27. The molecule has 2 aromatic carbocycles. The molecule has 3 rings (SSSR count). The summed E-state index contributed by atoms with van der Waals surface area (Å²) in [5.74, 6) is 5.88. The van der Waals surface area contributed by atoms with Crippen molar-refractivity contribution in [3.63, 3.8) is 0 Å². The third-order valence-corrected chi connectivity index (χ3v) is 3.96. The van der Waals surface area contributed by atoms with Gasteiger partial charge in [-0.15, -0.1) is 0 Å². The molecule has 0 fully saturated rings. The number of hydrogen-bond donors (Lipinski definition) is 2. The second kappa shape index (κ2) is 5.11. The number of rotatable bonds is 4. The maximum Gasteiger partial charge on any atom is 0.128 e. The van der Waals surface area contributed by atoms with Gasteiger partial charge in [0.15, 0.2) is 0 Å². The third-order valence-electron chi connectivity index (χ3n) is 3.96. The highest BCUT2D eigenvalue weighted by Crippen LogP contribution is 2.40. The van der Waals surface area contributed by atoms with Gasteiger partial charge in [-0.3, -0.25) is 11.3 Å². The van der Waals surface area contributed by atoms with E-state index >= 15 is 0 Å². The molecule has 2 atom stereocenters. The fourth-order valence-corrected chi connectivity index (χ4v) is 2.90. The fourth-order valence-electron chi connectivity index (χ4n) is 2.90. The van der Waals surface area contributed by atoms with Crippen molar-refractivity contribution in [3.05, 3.63) is 71.0 Å². The van der Waals surface area contributed by atoms with Crippen LogP contribution < -0.4 is 11.3 Å². The second-order valence-corrected chi connectivity index (χ2v) is 5.08. The van der Waals surface area contributed by atoms with Crippen molar-refractivity contribution < 1.29 is 4.39 Å². The van der Waals surface area contributed by atoms with E-state index in [-0.39, 0.29) is 11.9 Å². The van der Waals surface area contributed by atoms with Crippen LogP contribution in [0.2, 0.25) is 0 Å². The number of nitrogens with one attached hydrogen (secondary N) is 1. The molecule has 0 saturated heterocycles. The summed E-state index contributed by atoms with van der Waals surface area (Å²) in [6.07, 6.45) is 1.89. The normalized spacial score (nSPS) is 18.5. The van der Waals surface area contributed by atoms with E-state index < -0.39 is 0 Å². The summed E-state index contributed by atoms with van der Waals surface area (Å²) in [7, 11) is 0. The summed E-state index contributed by atoms with van der Waals surface area (Å²) >= 11 is 0. The molecule has 0 amide bonds. The average molecular weight is 256 g/mol. The molecular formula is C16H17FN2. The van der Waals surface area contributed by atoms with Gasteiger partial charge in [-0.1, -0.05) is 42.5 Å². The average Bonchev–Trinajstić information content (AvgIpc) is 2.42. The Bertz CT molecular complexity index is 582. The molecule has 19 heavy (non-hydrogen) atoms. The van der Waals surface area contributed by atoms with Crippen molar-refractivity contribution in [3.8, 4) is 0 Å². The molecule has 0 bridgehead atoms. The lowest BCUT2D eigenvalue weighted by atomic mass is 9.74. The van der Waals surface area contributed by atoms with E-state index in [9.17, 15) is 4.39 Å². The Labute approximate surface area is 112 Å². The highest BCUT2D eigenvalue weighted by molar-refractivity contribution is 5.40. The van der Waals surface area contributed by atoms with Gasteiger partial charge in [0.1, 0.15) is 5.82 Å². The zero-order chi connectivity index (χ0) is 13.2. The molecule has 2 unspecified atom stereocenters. The van der Waals surface area contributed by atoms with Gasteiger partial charge in [-0.2, -0.15) is 0 Å². The van der Waals surface area contributed by atoms with Gasteiger partial charge in [0, 0.05) is 11.6 Å². The van der Waals surface area contributed by atoms with Gasteiger partial charge >= 0.3 is 0 Å². The zero-order valence-electron chi connectivity index (χ0n) is 10.6. The largest absolute Gasteiger partial charge is 0.271 e. The smallest absolute Gasteiger partial charge is 0.128 e. The van der Waals surface area contributed by atoms with Crippen LogP contribution in [-0.2, 0) is 6.42 Å². The van der Waals surface area contributed by atoms with Gasteiger partial charge < -0.3 is 0 Å². The van der Waals surface area contributed by atoms with Crippen LogP contribution in [0.3, 0.4) is 0 Å². The molecule has 0 heterocycles. The Morgan fingerprint density at radius 3 is 2.63 bits per heavy atom. The maximum atomic E-state index is 13.8. The number of hydrazine groups is 1. The van der Waals surface area contributed by atoms with Gasteiger partial charge in [0.05, 0.1) is 0 Å². The number of nitrogens with two attached hydrogens (primary N) is 1. The summed E-state index contributed by atoms with van der Waals surface area (Å²) in [4.78, 5) is 0. The summed E-state index contributed by atoms with van der Waals surface area (Å²) in [5, 5.41) is 0. The van der Waals surface area contributed by atoms with Crippen molar-refractivity contribution in [1.29, 1.82) is 0 Å². The first-order valence-electron chi connectivity index (χ1n) is 6.58. The van der Waals surface area contributed by atoms with Crippen LogP contribution >= 0.6 is 0 Å². The zero-order valence-corrected chi connectivity index (χ0v) is 10.6. The van der Waals surface area contributed by atoms with E-state index in [1.165, 1.54) is 17.2 Å². The maximum absolute atomic E-state index is 13.8. The standard InChI is InChI=1S/C16H17FN2/c17-15-8-4-3-7-14(15)16(19-18)10-12-9-11-5-1-2-6-13(11)12/h1-8,12,16,19H,9-10,18H2. The second-order valence-electron chi connectivity index (χ2n) is 5.08. The lowest BCUT2D eigenvalue weighted by Crippen LogP contribution is -2.32. The first-order chi connectivity index (χ1) is 9.29. The highest BCUT2D eigenvalue weighted by atomic mass is 19.1. The first kappa shape index (κ1) is 12.3. The van der Waals surface area contributed by atoms with Gasteiger partial charge in [0.2, 0.25) is 0 Å². The van der Waals surface area contributed by atoms with Crippen LogP contribution in [0.1, 0.15) is 35.1 Å². The van der Waals surface area contributed by atoms with Gasteiger partial charge in [-0.05, 0) is 36.0 Å². The number of benzene rings is 2. The number of halogens is 1. The molecule has 2 nitrogen and oxygen atoms in total. The van der Waals surface area contributed by atoms with Crippen molar-refractivity contribution in [2.45, 2.75) is 24.8 Å². The van der Waals surface area contributed by atoms with Crippen molar-refractivity contribution in [2.24, 2.45) is 5.84 Å². The van der Waals surface area contributed by atoms with Crippen LogP contribution in [0.15, 0.2) is 48.5 Å². The van der Waals surface area contributed by atoms with Gasteiger partial charge in [0.25, 0.3) is 0 Å². The molecule has 1 aliphatic rings. The molecule has 0 saturated carbocycles. The molecule has 98 valence electrons. The SMILES string of the molecule is NNC(CC1Cc2ccccc21)c1ccccc1F. The predicted octanol–water partition coefficient (Wildman–Crippen LogP) is 3.06. The van der Waals surface area contributed by atoms with Crippen LogP contribution in [0.5, 0.6) is 0 Å². The quantitative estimate of drug-likeness (QED) is 0.651. The minimum atomic E-state index is -0.196. The lowest BCUT2D eigenvalue weighted by Gasteiger charge is -2.33. The van der Waals surface area contributed by atoms with Crippen molar-refractivity contribution in [1.82, 2.24) is 5.43 Å². The first-order valence-corrected chi connectivity index (χ1v) is 6.58. The molecule has 0 aromatic heterocycles. The Hall–Kier alpha value is -1.71. The molecular weight excluding hydrogens is 239 g/mol. The summed E-state index contributed by atoms with van der Waals surface area (Å²) in [5.41, 5.74) is 6.17. The molecule has 2 aromatic rings. The molecule has 3 N–H and O–H groups in total. The highest BCUT2D eigenvalue weighted by Gasteiger charge is 2.29. The Kier molecular flexibility index (Phi) is 3.32. The van der Waals surface area contributed by atoms with Gasteiger partial charge in [-0.25, -0.2) is 4.39 Å². The van der Waals surface area contributed by atoms with E-state index in [1.54, 1.807) is 12.1 Å². The van der Waals surface area contributed by atoms with Crippen LogP contribution in [0.25, 0.3) is 0 Å². The fraction of sp³-hybridized carbons (Fsp3) is 0.250. The monoisotopic (exact) mass is 256 g/mol.